The summed E-state index contributed by atoms with van der Waals surface area (Å²) in [6, 6.07) is 12.2. The van der Waals surface area contributed by atoms with Crippen molar-refractivity contribution in [3.8, 4) is 11.5 Å². The molecule has 1 saturated heterocycles. The molecule has 1 unspecified atom stereocenters. The highest BCUT2D eigenvalue weighted by Crippen LogP contribution is 2.28. The lowest BCUT2D eigenvalue weighted by Gasteiger charge is -2.18. The number of benzene rings is 1. The second-order valence-corrected chi connectivity index (χ2v) is 8.02. The molecule has 0 amide bonds. The van der Waals surface area contributed by atoms with Crippen LogP contribution in [0.25, 0.3) is 0 Å². The highest BCUT2D eigenvalue weighted by Gasteiger charge is 2.26. The van der Waals surface area contributed by atoms with Crippen LogP contribution >= 0.6 is 0 Å². The van der Waals surface area contributed by atoms with E-state index in [2.05, 4.69) is 28.9 Å². The van der Waals surface area contributed by atoms with Crippen molar-refractivity contribution in [3.63, 3.8) is 0 Å². The van der Waals surface area contributed by atoms with Gasteiger partial charge in [0.1, 0.15) is 29.2 Å². The molecule has 0 radical (unpaired) electrons. The van der Waals surface area contributed by atoms with E-state index >= 15 is 0 Å². The maximum atomic E-state index is 11.3. The van der Waals surface area contributed by atoms with Gasteiger partial charge < -0.3 is 19.2 Å². The van der Waals surface area contributed by atoms with Gasteiger partial charge in [0.2, 0.25) is 0 Å². The predicted octanol–water partition coefficient (Wildman–Crippen LogP) is 4.36. The number of carbonyl (C=O) groups is 1. The number of carbonyl (C=O) groups excluding carboxylic acids is 1. The maximum absolute atomic E-state index is 11.3. The average Bonchev–Trinajstić information content (AvgIpc) is 3.37. The van der Waals surface area contributed by atoms with Gasteiger partial charge in [-0.3, -0.25) is 0 Å². The summed E-state index contributed by atoms with van der Waals surface area (Å²) in [5, 5.41) is 0. The molecule has 0 bridgehead atoms. The van der Waals surface area contributed by atoms with E-state index in [0.29, 0.717) is 12.5 Å². The Kier molecular flexibility index (Phi) is 5.51. The molecule has 1 aliphatic heterocycles. The Morgan fingerprint density at radius 2 is 1.79 bits per heavy atom. The van der Waals surface area contributed by atoms with Gasteiger partial charge >= 0.3 is 0 Å². The average molecular weight is 380 g/mol. The molecule has 1 aromatic carbocycles. The predicted molar refractivity (Wildman–Crippen MR) is 109 cm³/mol. The number of aromatic nitrogens is 1. The molecule has 1 aromatic heterocycles. The number of ether oxygens (including phenoxy) is 2. The van der Waals surface area contributed by atoms with Gasteiger partial charge in [-0.15, -0.1) is 0 Å². The van der Waals surface area contributed by atoms with Crippen LogP contribution in [0.1, 0.15) is 51.0 Å². The van der Waals surface area contributed by atoms with Crippen molar-refractivity contribution < 1.29 is 14.3 Å². The molecule has 5 nitrogen and oxygen atoms in total. The third-order valence-electron chi connectivity index (χ3n) is 5.36. The third kappa shape index (κ3) is 4.83. The Morgan fingerprint density at radius 1 is 1.07 bits per heavy atom. The third-order valence-corrected chi connectivity index (χ3v) is 5.36. The van der Waals surface area contributed by atoms with Gasteiger partial charge in [-0.1, -0.05) is 19.1 Å². The highest BCUT2D eigenvalue weighted by atomic mass is 16.5. The van der Waals surface area contributed by atoms with E-state index in [1.54, 1.807) is 6.92 Å². The van der Waals surface area contributed by atoms with Crippen LogP contribution in [0.3, 0.4) is 0 Å². The van der Waals surface area contributed by atoms with Crippen molar-refractivity contribution in [1.29, 1.82) is 0 Å². The largest absolute Gasteiger partial charge is 0.489 e. The molecule has 2 aliphatic rings. The molecule has 2 atom stereocenters. The van der Waals surface area contributed by atoms with Crippen molar-refractivity contribution in [1.82, 2.24) is 4.98 Å². The van der Waals surface area contributed by atoms with Gasteiger partial charge in [-0.2, -0.15) is 0 Å². The van der Waals surface area contributed by atoms with Crippen molar-refractivity contribution in [2.45, 2.75) is 57.7 Å². The summed E-state index contributed by atoms with van der Waals surface area (Å²) in [6.07, 6.45) is 6.24. The molecule has 1 aliphatic carbocycles. The molecule has 28 heavy (non-hydrogen) atoms. The number of Topliss-reactive ketones (excluding diaryl/α,β-unsaturated/α-hetero) is 1. The summed E-state index contributed by atoms with van der Waals surface area (Å²) in [6.45, 7) is 5.50. The molecule has 2 fully saturated rings. The quantitative estimate of drug-likeness (QED) is 0.681. The minimum Gasteiger partial charge on any atom is -0.489 e. The first kappa shape index (κ1) is 18.8. The summed E-state index contributed by atoms with van der Waals surface area (Å²) < 4.78 is 11.9. The summed E-state index contributed by atoms with van der Waals surface area (Å²) in [5.74, 6) is 3.18. The lowest BCUT2D eigenvalue weighted by atomic mass is 9.96. The smallest absolute Gasteiger partial charge is 0.138 e. The van der Waals surface area contributed by atoms with Crippen LogP contribution in [0.4, 0.5) is 5.82 Å². The number of ketones is 1. The molecule has 2 aromatic rings. The molecule has 5 heteroatoms. The van der Waals surface area contributed by atoms with Crippen LogP contribution in [-0.2, 0) is 4.79 Å². The number of hydrogen-bond acceptors (Lipinski definition) is 5. The first-order valence-electron chi connectivity index (χ1n) is 10.2. The highest BCUT2D eigenvalue weighted by molar-refractivity contribution is 5.76. The van der Waals surface area contributed by atoms with E-state index in [-0.39, 0.29) is 17.8 Å². The van der Waals surface area contributed by atoms with Crippen LogP contribution < -0.4 is 14.4 Å². The molecule has 2 heterocycles. The fraction of sp³-hybridized carbons (Fsp3) is 0.478. The Bertz CT molecular complexity index is 800. The first-order chi connectivity index (χ1) is 13.6. The number of nitrogens with zero attached hydrogens (tertiary/aromatic N) is 2. The van der Waals surface area contributed by atoms with E-state index in [1.165, 1.54) is 5.56 Å². The second-order valence-electron chi connectivity index (χ2n) is 8.02. The Balaban J connectivity index is 1.30. The van der Waals surface area contributed by atoms with Gasteiger partial charge in [0.15, 0.2) is 0 Å². The number of hydrogen-bond donors (Lipinski definition) is 0. The molecule has 1 saturated carbocycles. The van der Waals surface area contributed by atoms with E-state index in [9.17, 15) is 4.79 Å². The molecule has 148 valence electrons. The zero-order chi connectivity index (χ0) is 19.5. The summed E-state index contributed by atoms with van der Waals surface area (Å²) >= 11 is 0. The molecule has 0 spiro atoms. The SMILES string of the molecule is CC(=O)C[C@@H](C)c1ccc(OC2CCN(c3ccc(OC4CC4)cn3)C2)cc1. The topological polar surface area (TPSA) is 51.7 Å². The van der Waals surface area contributed by atoms with Gasteiger partial charge in [-0.25, -0.2) is 4.98 Å². The van der Waals surface area contributed by atoms with Crippen LogP contribution in [0.5, 0.6) is 11.5 Å². The lowest BCUT2D eigenvalue weighted by Crippen LogP contribution is -2.25. The van der Waals surface area contributed by atoms with Crippen molar-refractivity contribution in [3.05, 3.63) is 48.2 Å². The zero-order valence-corrected chi connectivity index (χ0v) is 16.6. The van der Waals surface area contributed by atoms with Gasteiger partial charge in [0, 0.05) is 19.4 Å². The van der Waals surface area contributed by atoms with Gasteiger partial charge in [0.05, 0.1) is 18.8 Å². The minimum absolute atomic E-state index is 0.157. The lowest BCUT2D eigenvalue weighted by molar-refractivity contribution is -0.117. The Labute approximate surface area is 166 Å². The molecule has 4 rings (SSSR count). The van der Waals surface area contributed by atoms with Crippen LogP contribution in [0, 0.1) is 0 Å². The number of anilines is 1. The maximum Gasteiger partial charge on any atom is 0.138 e. The monoisotopic (exact) mass is 380 g/mol. The Hall–Kier alpha value is -2.56. The van der Waals surface area contributed by atoms with Crippen molar-refractivity contribution in [2.24, 2.45) is 0 Å². The molecular weight excluding hydrogens is 352 g/mol. The van der Waals surface area contributed by atoms with Crippen molar-refractivity contribution in [2.75, 3.05) is 18.0 Å². The van der Waals surface area contributed by atoms with Gasteiger partial charge in [0.25, 0.3) is 0 Å². The zero-order valence-electron chi connectivity index (χ0n) is 16.6. The molecule has 0 N–H and O–H groups in total. The summed E-state index contributed by atoms with van der Waals surface area (Å²) in [7, 11) is 0. The van der Waals surface area contributed by atoms with Crippen LogP contribution in [-0.4, -0.2) is 36.1 Å². The summed E-state index contributed by atoms with van der Waals surface area (Å²) in [5.41, 5.74) is 1.17. The van der Waals surface area contributed by atoms with Crippen LogP contribution in [0.15, 0.2) is 42.6 Å². The number of rotatable bonds is 8. The number of pyridine rings is 1. The van der Waals surface area contributed by atoms with E-state index in [0.717, 1.165) is 49.7 Å². The van der Waals surface area contributed by atoms with Crippen molar-refractivity contribution >= 4 is 11.6 Å². The van der Waals surface area contributed by atoms with Crippen LogP contribution in [0.2, 0.25) is 0 Å². The van der Waals surface area contributed by atoms with E-state index in [4.69, 9.17) is 9.47 Å². The normalized spacial score (nSPS) is 20.1. The minimum atomic E-state index is 0.157. The second kappa shape index (κ2) is 8.21. The summed E-state index contributed by atoms with van der Waals surface area (Å²) in [4.78, 5) is 18.1. The fourth-order valence-electron chi connectivity index (χ4n) is 3.66. The van der Waals surface area contributed by atoms with Gasteiger partial charge in [-0.05, 0) is 55.5 Å². The Morgan fingerprint density at radius 3 is 2.43 bits per heavy atom. The van der Waals surface area contributed by atoms with E-state index < -0.39 is 0 Å². The standard InChI is InChI=1S/C23H28N2O3/c1-16(13-17(2)26)18-3-5-19(6-4-18)28-22-11-12-25(15-22)23-10-9-21(14-24-23)27-20-7-8-20/h3-6,9-10,14,16,20,22H,7-8,11-13,15H2,1-2H3/t16-,22?/m1/s1. The fourth-order valence-corrected chi connectivity index (χ4v) is 3.66. The molecular formula is C23H28N2O3. The first-order valence-corrected chi connectivity index (χ1v) is 10.2. The van der Waals surface area contributed by atoms with E-state index in [1.807, 2.05) is 30.5 Å².